The molecule has 0 bridgehead atoms. The van der Waals surface area contributed by atoms with E-state index in [4.69, 9.17) is 23.4 Å². The van der Waals surface area contributed by atoms with Crippen LogP contribution in [0.15, 0.2) is 18.2 Å². The van der Waals surface area contributed by atoms with E-state index in [1.807, 2.05) is 6.92 Å². The number of hydrogen-bond donors (Lipinski definition) is 0. The van der Waals surface area contributed by atoms with Crippen LogP contribution >= 0.6 is 23.4 Å². The summed E-state index contributed by atoms with van der Waals surface area (Å²) >= 11 is 11.6. The maximum atomic E-state index is 12.0. The van der Waals surface area contributed by atoms with Gasteiger partial charge in [-0.05, 0) is 42.5 Å². The van der Waals surface area contributed by atoms with Gasteiger partial charge in [0.05, 0.1) is 16.5 Å². The summed E-state index contributed by atoms with van der Waals surface area (Å²) in [6.07, 6.45) is 1.59. The molecule has 0 saturated heterocycles. The lowest BCUT2D eigenvalue weighted by molar-refractivity contribution is -0.118. The molecule has 0 spiro atoms. The largest absolute Gasteiger partial charge is 0.272 e. The Balaban J connectivity index is 2.49. The fourth-order valence-corrected chi connectivity index (χ4v) is 3.56. The normalized spacial score (nSPS) is 17.0. The standard InChI is InChI=1S/C14H15Cl2NO3S/c1-2-10-11-8-9(13(21(19)20)4-3-7-15)5-6-12(11)17(16)14(10)18/h5-6,8,10H,2-4,7H2,1H3. The Kier molecular flexibility index (Phi) is 5.30. The van der Waals surface area contributed by atoms with Crippen molar-refractivity contribution in [3.8, 4) is 0 Å². The summed E-state index contributed by atoms with van der Waals surface area (Å²) in [5.41, 5.74) is 2.01. The highest BCUT2D eigenvalue weighted by molar-refractivity contribution is 7.73. The Morgan fingerprint density at radius 2 is 2.10 bits per heavy atom. The van der Waals surface area contributed by atoms with Crippen LogP contribution < -0.4 is 4.42 Å². The van der Waals surface area contributed by atoms with E-state index in [2.05, 4.69) is 0 Å². The van der Waals surface area contributed by atoms with Gasteiger partial charge < -0.3 is 0 Å². The zero-order valence-corrected chi connectivity index (χ0v) is 13.8. The van der Waals surface area contributed by atoms with Crippen LogP contribution in [-0.2, 0) is 15.1 Å². The van der Waals surface area contributed by atoms with Gasteiger partial charge in [0, 0.05) is 17.7 Å². The lowest BCUT2D eigenvalue weighted by Gasteiger charge is -2.08. The Hall–Kier alpha value is -1.04. The molecule has 0 saturated carbocycles. The third kappa shape index (κ3) is 3.10. The lowest BCUT2D eigenvalue weighted by Crippen LogP contribution is -2.18. The first-order valence-electron chi connectivity index (χ1n) is 6.66. The summed E-state index contributed by atoms with van der Waals surface area (Å²) in [4.78, 5) is 12.3. The van der Waals surface area contributed by atoms with Gasteiger partial charge in [0.25, 0.3) is 0 Å². The average Bonchev–Trinajstić information content (AvgIpc) is 2.70. The number of halogens is 2. The summed E-state index contributed by atoms with van der Waals surface area (Å²) in [5, 5.41) is 0. The monoisotopic (exact) mass is 347 g/mol. The average molecular weight is 348 g/mol. The van der Waals surface area contributed by atoms with Gasteiger partial charge in [0.2, 0.25) is 16.2 Å². The van der Waals surface area contributed by atoms with Crippen molar-refractivity contribution in [3.05, 3.63) is 29.3 Å². The molecule has 1 aromatic rings. The number of carbonyl (C=O) groups is 1. The van der Waals surface area contributed by atoms with E-state index < -0.39 is 10.3 Å². The minimum atomic E-state index is -2.31. The topological polar surface area (TPSA) is 54.5 Å². The van der Waals surface area contributed by atoms with Crippen LogP contribution in [0.25, 0.3) is 0 Å². The number of anilines is 1. The molecule has 4 nitrogen and oxygen atoms in total. The maximum Gasteiger partial charge on any atom is 0.249 e. The van der Waals surface area contributed by atoms with Crippen LogP contribution in [0.5, 0.6) is 0 Å². The predicted octanol–water partition coefficient (Wildman–Crippen LogP) is 3.10. The number of benzene rings is 1. The molecule has 0 N–H and O–H groups in total. The number of alkyl halides is 1. The van der Waals surface area contributed by atoms with E-state index in [-0.39, 0.29) is 11.8 Å². The molecule has 1 aromatic carbocycles. The fourth-order valence-electron chi connectivity index (χ4n) is 2.52. The van der Waals surface area contributed by atoms with E-state index in [1.165, 1.54) is 0 Å². The van der Waals surface area contributed by atoms with Crippen molar-refractivity contribution in [2.75, 3.05) is 10.3 Å². The summed E-state index contributed by atoms with van der Waals surface area (Å²) in [7, 11) is -2.31. The highest BCUT2D eigenvalue weighted by Crippen LogP contribution is 2.40. The van der Waals surface area contributed by atoms with Gasteiger partial charge in [-0.15, -0.1) is 11.6 Å². The van der Waals surface area contributed by atoms with E-state index in [9.17, 15) is 13.2 Å². The Morgan fingerprint density at radius 1 is 1.38 bits per heavy atom. The number of rotatable bonds is 5. The summed E-state index contributed by atoms with van der Waals surface area (Å²) in [5.74, 6) is -0.0827. The van der Waals surface area contributed by atoms with Gasteiger partial charge >= 0.3 is 0 Å². The second-order valence-electron chi connectivity index (χ2n) is 4.80. The van der Waals surface area contributed by atoms with Crippen molar-refractivity contribution in [1.29, 1.82) is 0 Å². The molecule has 2 rings (SSSR count). The molecular weight excluding hydrogens is 333 g/mol. The molecule has 7 heteroatoms. The van der Waals surface area contributed by atoms with Gasteiger partial charge in [-0.25, -0.2) is 4.42 Å². The molecule has 114 valence electrons. The Labute approximate surface area is 135 Å². The van der Waals surface area contributed by atoms with Crippen molar-refractivity contribution in [2.45, 2.75) is 32.1 Å². The van der Waals surface area contributed by atoms with Crippen LogP contribution in [0.1, 0.15) is 43.2 Å². The van der Waals surface area contributed by atoms with Crippen molar-refractivity contribution in [1.82, 2.24) is 0 Å². The van der Waals surface area contributed by atoms with E-state index in [0.29, 0.717) is 41.3 Å². The summed E-state index contributed by atoms with van der Waals surface area (Å²) in [6, 6.07) is 5.13. The molecule has 1 amide bonds. The second kappa shape index (κ2) is 6.81. The van der Waals surface area contributed by atoms with Crippen LogP contribution in [0, 0.1) is 0 Å². The number of amides is 1. The highest BCUT2D eigenvalue weighted by Gasteiger charge is 2.35. The van der Waals surface area contributed by atoms with Crippen molar-refractivity contribution >= 4 is 50.1 Å². The zero-order valence-electron chi connectivity index (χ0n) is 11.5. The fraction of sp³-hybridized carbons (Fsp3) is 0.429. The van der Waals surface area contributed by atoms with E-state index >= 15 is 0 Å². The SMILES string of the molecule is CCC1C(=O)N(Cl)c2ccc(C(CCCCl)=S(=O)=O)cc21. The van der Waals surface area contributed by atoms with Gasteiger partial charge in [-0.3, -0.25) is 4.79 Å². The number of nitrogens with zero attached hydrogens (tertiary/aromatic N) is 1. The number of hydrogen-bond acceptors (Lipinski definition) is 3. The van der Waals surface area contributed by atoms with Gasteiger partial charge in [-0.1, -0.05) is 13.0 Å². The smallest absolute Gasteiger partial charge is 0.249 e. The van der Waals surface area contributed by atoms with Crippen LogP contribution in [0.3, 0.4) is 0 Å². The van der Waals surface area contributed by atoms with Gasteiger partial charge in [-0.2, -0.15) is 8.42 Å². The molecule has 1 aliphatic rings. The first-order chi connectivity index (χ1) is 10.0. The molecule has 1 atom stereocenters. The molecule has 0 aromatic heterocycles. The minimum Gasteiger partial charge on any atom is -0.272 e. The van der Waals surface area contributed by atoms with Crippen LogP contribution in [0.4, 0.5) is 5.69 Å². The van der Waals surface area contributed by atoms with Crippen molar-refractivity contribution in [2.24, 2.45) is 0 Å². The second-order valence-corrected chi connectivity index (χ2v) is 6.48. The molecule has 21 heavy (non-hydrogen) atoms. The highest BCUT2D eigenvalue weighted by atomic mass is 35.5. The van der Waals surface area contributed by atoms with E-state index in [0.717, 1.165) is 9.98 Å². The molecule has 1 unspecified atom stereocenters. The molecule has 0 aliphatic carbocycles. The van der Waals surface area contributed by atoms with Crippen molar-refractivity contribution < 1.29 is 13.2 Å². The molecule has 0 fully saturated rings. The first kappa shape index (κ1) is 16.3. The van der Waals surface area contributed by atoms with Crippen molar-refractivity contribution in [3.63, 3.8) is 0 Å². The third-order valence-electron chi connectivity index (χ3n) is 3.57. The first-order valence-corrected chi connectivity index (χ1v) is 8.61. The number of fused-ring (bicyclic) bond motifs is 1. The Morgan fingerprint density at radius 3 is 2.67 bits per heavy atom. The quantitative estimate of drug-likeness (QED) is 0.356. The predicted molar refractivity (Wildman–Crippen MR) is 85.8 cm³/mol. The van der Waals surface area contributed by atoms with Gasteiger partial charge in [0.1, 0.15) is 0 Å². The zero-order chi connectivity index (χ0) is 15.6. The van der Waals surface area contributed by atoms with Crippen LogP contribution in [0.2, 0.25) is 0 Å². The summed E-state index contributed by atoms with van der Waals surface area (Å²) < 4.78 is 23.9. The van der Waals surface area contributed by atoms with E-state index in [1.54, 1.807) is 18.2 Å². The third-order valence-corrected chi connectivity index (χ3v) is 5.03. The summed E-state index contributed by atoms with van der Waals surface area (Å²) in [6.45, 7) is 1.90. The van der Waals surface area contributed by atoms with Crippen LogP contribution in [-0.4, -0.2) is 25.1 Å². The maximum absolute atomic E-state index is 12.0. The molecular formula is C14H15Cl2NO3S. The van der Waals surface area contributed by atoms with Gasteiger partial charge in [0.15, 0.2) is 0 Å². The minimum absolute atomic E-state index is 0.170. The molecule has 0 radical (unpaired) electrons. The molecule has 1 heterocycles. The Bertz CT molecular complexity index is 692. The molecule has 1 aliphatic heterocycles. The lowest BCUT2D eigenvalue weighted by atomic mass is 9.95. The number of carbonyl (C=O) groups excluding carboxylic acids is 1.